The monoisotopic (exact) mass is 373 g/mol. The van der Waals surface area contributed by atoms with Crippen molar-refractivity contribution in [2.24, 2.45) is 0 Å². The Morgan fingerprint density at radius 2 is 1.96 bits per heavy atom. The Hall–Kier alpha value is -1.34. The van der Waals surface area contributed by atoms with Gasteiger partial charge >= 0.3 is 0 Å². The largest absolute Gasteiger partial charge is 0.340 e. The summed E-state index contributed by atoms with van der Waals surface area (Å²) in [5, 5.41) is 3.02. The number of rotatable bonds is 5. The molecule has 0 atom stereocenters. The van der Waals surface area contributed by atoms with E-state index < -0.39 is 0 Å². The molecule has 0 aromatic carbocycles. The molecule has 1 saturated heterocycles. The highest BCUT2D eigenvalue weighted by Crippen LogP contribution is 2.10. The maximum atomic E-state index is 12.0. The number of carbonyl (C=O) groups excluding carboxylic acids is 1. The number of aromatic nitrogens is 2. The van der Waals surface area contributed by atoms with Gasteiger partial charge in [-0.1, -0.05) is 6.07 Å². The quantitative estimate of drug-likeness (QED) is 0.861. The highest BCUT2D eigenvalue weighted by molar-refractivity contribution is 5.85. The lowest BCUT2D eigenvalue weighted by atomic mass is 10.2. The number of halogens is 2. The molecule has 2 aromatic heterocycles. The minimum absolute atomic E-state index is 0. The van der Waals surface area contributed by atoms with Crippen LogP contribution in [0, 0.1) is 0 Å². The van der Waals surface area contributed by atoms with Gasteiger partial charge in [0.15, 0.2) is 0 Å². The Labute approximate surface area is 155 Å². The van der Waals surface area contributed by atoms with Gasteiger partial charge in [-0.25, -0.2) is 4.98 Å². The van der Waals surface area contributed by atoms with Gasteiger partial charge in [0.2, 0.25) is 5.91 Å². The van der Waals surface area contributed by atoms with Crippen LogP contribution in [0.25, 0.3) is 5.65 Å². The van der Waals surface area contributed by atoms with E-state index in [1.807, 2.05) is 40.7 Å². The molecular formula is C16H25Cl2N5O. The van der Waals surface area contributed by atoms with Crippen LogP contribution in [-0.4, -0.2) is 64.9 Å². The van der Waals surface area contributed by atoms with Crippen molar-refractivity contribution < 1.29 is 4.79 Å². The van der Waals surface area contributed by atoms with E-state index in [0.29, 0.717) is 6.42 Å². The fourth-order valence-electron chi connectivity index (χ4n) is 2.84. The highest BCUT2D eigenvalue weighted by atomic mass is 35.5. The summed E-state index contributed by atoms with van der Waals surface area (Å²) in [7, 11) is 1.88. The van der Waals surface area contributed by atoms with E-state index in [9.17, 15) is 4.79 Å². The number of hydrogen-bond donors (Lipinski definition) is 1. The Morgan fingerprint density at radius 1 is 1.21 bits per heavy atom. The van der Waals surface area contributed by atoms with Gasteiger partial charge in [-0.05, 0) is 19.2 Å². The van der Waals surface area contributed by atoms with E-state index in [1.165, 1.54) is 0 Å². The Kier molecular flexibility index (Phi) is 8.48. The molecule has 0 bridgehead atoms. The fourth-order valence-corrected chi connectivity index (χ4v) is 2.84. The molecule has 6 nitrogen and oxygen atoms in total. The van der Waals surface area contributed by atoms with E-state index in [1.54, 1.807) is 0 Å². The fraction of sp³-hybridized carbons (Fsp3) is 0.500. The van der Waals surface area contributed by atoms with Crippen molar-refractivity contribution in [3.05, 3.63) is 36.3 Å². The summed E-state index contributed by atoms with van der Waals surface area (Å²) in [6.07, 6.45) is 4.69. The lowest BCUT2D eigenvalue weighted by Crippen LogP contribution is -2.48. The zero-order chi connectivity index (χ0) is 15.4. The van der Waals surface area contributed by atoms with Crippen LogP contribution < -0.4 is 5.32 Å². The first-order valence-corrected chi connectivity index (χ1v) is 7.83. The predicted molar refractivity (Wildman–Crippen MR) is 100 cm³/mol. The van der Waals surface area contributed by atoms with Crippen molar-refractivity contribution in [1.82, 2.24) is 24.5 Å². The summed E-state index contributed by atoms with van der Waals surface area (Å²) in [6, 6.07) is 6.03. The summed E-state index contributed by atoms with van der Waals surface area (Å²) in [6.45, 7) is 5.06. The van der Waals surface area contributed by atoms with Gasteiger partial charge in [0.25, 0.3) is 0 Å². The van der Waals surface area contributed by atoms with Crippen LogP contribution >= 0.6 is 24.8 Å². The number of imidazole rings is 1. The van der Waals surface area contributed by atoms with Crippen LogP contribution in [0.3, 0.4) is 0 Å². The van der Waals surface area contributed by atoms with E-state index in [-0.39, 0.29) is 30.7 Å². The maximum Gasteiger partial charge on any atom is 0.223 e. The molecular weight excluding hydrogens is 349 g/mol. The summed E-state index contributed by atoms with van der Waals surface area (Å²) >= 11 is 0. The summed E-state index contributed by atoms with van der Waals surface area (Å²) < 4.78 is 2.05. The Bertz CT molecular complexity index is 607. The number of pyridine rings is 1. The molecule has 0 radical (unpaired) electrons. The first kappa shape index (κ1) is 20.7. The van der Waals surface area contributed by atoms with Gasteiger partial charge in [0.05, 0.1) is 5.69 Å². The van der Waals surface area contributed by atoms with Crippen molar-refractivity contribution >= 4 is 36.4 Å². The van der Waals surface area contributed by atoms with Gasteiger partial charge in [0, 0.05) is 58.1 Å². The molecule has 24 heavy (non-hydrogen) atoms. The van der Waals surface area contributed by atoms with Gasteiger partial charge < -0.3 is 14.6 Å². The first-order chi connectivity index (χ1) is 10.8. The second kappa shape index (κ2) is 9.84. The van der Waals surface area contributed by atoms with Gasteiger partial charge in [0.1, 0.15) is 5.65 Å². The maximum absolute atomic E-state index is 12.0. The van der Waals surface area contributed by atoms with Crippen molar-refractivity contribution in [3.8, 4) is 0 Å². The van der Waals surface area contributed by atoms with Gasteiger partial charge in [-0.2, -0.15) is 0 Å². The van der Waals surface area contributed by atoms with Gasteiger partial charge in [-0.3, -0.25) is 9.69 Å². The normalized spacial score (nSPS) is 15.0. The van der Waals surface area contributed by atoms with Crippen molar-refractivity contribution in [1.29, 1.82) is 0 Å². The molecule has 3 heterocycles. The second-order valence-corrected chi connectivity index (χ2v) is 5.71. The van der Waals surface area contributed by atoms with Crippen LogP contribution in [-0.2, 0) is 11.3 Å². The molecule has 1 fully saturated rings. The van der Waals surface area contributed by atoms with E-state index in [2.05, 4.69) is 21.4 Å². The highest BCUT2D eigenvalue weighted by Gasteiger charge is 2.21. The molecule has 0 aliphatic carbocycles. The minimum Gasteiger partial charge on any atom is -0.340 e. The standard InChI is InChI=1S/C16H23N5O.2ClH/c1-17-6-5-16(22)20-10-8-19(9-11-20)12-14-13-21-7-3-2-4-15(21)18-14;;/h2-4,7,13,17H,5-6,8-12H2,1H3;2*1H. The first-order valence-electron chi connectivity index (χ1n) is 7.83. The second-order valence-electron chi connectivity index (χ2n) is 5.71. The number of carbonyl (C=O) groups is 1. The van der Waals surface area contributed by atoms with E-state index in [0.717, 1.165) is 50.6 Å². The summed E-state index contributed by atoms with van der Waals surface area (Å²) in [5.74, 6) is 0.252. The third-order valence-corrected chi connectivity index (χ3v) is 4.11. The van der Waals surface area contributed by atoms with Crippen LogP contribution in [0.15, 0.2) is 30.6 Å². The number of piperazine rings is 1. The van der Waals surface area contributed by atoms with Crippen molar-refractivity contribution in [2.45, 2.75) is 13.0 Å². The van der Waals surface area contributed by atoms with E-state index >= 15 is 0 Å². The van der Waals surface area contributed by atoms with Crippen LogP contribution in [0.2, 0.25) is 0 Å². The zero-order valence-corrected chi connectivity index (χ0v) is 15.5. The van der Waals surface area contributed by atoms with Crippen molar-refractivity contribution in [3.63, 3.8) is 0 Å². The zero-order valence-electron chi connectivity index (χ0n) is 13.9. The lowest BCUT2D eigenvalue weighted by molar-refractivity contribution is -0.132. The molecule has 134 valence electrons. The SMILES string of the molecule is CNCCC(=O)N1CCN(Cc2cn3ccccc3n2)CC1.Cl.Cl. The number of nitrogens with one attached hydrogen (secondary N) is 1. The average Bonchev–Trinajstić information content (AvgIpc) is 2.95. The topological polar surface area (TPSA) is 52.9 Å². The molecule has 0 spiro atoms. The van der Waals surface area contributed by atoms with Crippen molar-refractivity contribution in [2.75, 3.05) is 39.8 Å². The smallest absolute Gasteiger partial charge is 0.223 e. The predicted octanol–water partition coefficient (Wildman–Crippen LogP) is 1.43. The van der Waals surface area contributed by atoms with Crippen LogP contribution in [0.4, 0.5) is 0 Å². The lowest BCUT2D eigenvalue weighted by Gasteiger charge is -2.34. The van der Waals surface area contributed by atoms with E-state index in [4.69, 9.17) is 0 Å². The third kappa shape index (κ3) is 5.08. The molecule has 0 saturated carbocycles. The molecule has 1 aliphatic rings. The van der Waals surface area contributed by atoms with Crippen LogP contribution in [0.5, 0.6) is 0 Å². The molecule has 3 rings (SSSR count). The summed E-state index contributed by atoms with van der Waals surface area (Å²) in [5.41, 5.74) is 2.07. The summed E-state index contributed by atoms with van der Waals surface area (Å²) in [4.78, 5) is 21.0. The molecule has 0 unspecified atom stereocenters. The average molecular weight is 374 g/mol. The number of amides is 1. The number of fused-ring (bicyclic) bond motifs is 1. The number of hydrogen-bond acceptors (Lipinski definition) is 4. The molecule has 1 aliphatic heterocycles. The third-order valence-electron chi connectivity index (χ3n) is 4.11. The molecule has 8 heteroatoms. The molecule has 1 N–H and O–H groups in total. The van der Waals surface area contributed by atoms with Gasteiger partial charge in [-0.15, -0.1) is 24.8 Å². The minimum atomic E-state index is 0. The molecule has 1 amide bonds. The molecule has 2 aromatic rings. The Morgan fingerprint density at radius 3 is 2.62 bits per heavy atom. The Balaban J connectivity index is 0.00000144. The van der Waals surface area contributed by atoms with Crippen LogP contribution in [0.1, 0.15) is 12.1 Å². The number of nitrogens with zero attached hydrogens (tertiary/aromatic N) is 4.